The van der Waals surface area contributed by atoms with Crippen molar-refractivity contribution in [1.29, 1.82) is 0 Å². The van der Waals surface area contributed by atoms with Crippen LogP contribution >= 0.6 is 0 Å². The van der Waals surface area contributed by atoms with Crippen molar-refractivity contribution < 1.29 is 14.7 Å². The van der Waals surface area contributed by atoms with Crippen LogP contribution in [-0.4, -0.2) is 33.2 Å². The summed E-state index contributed by atoms with van der Waals surface area (Å²) in [5.41, 5.74) is 3.30. The highest BCUT2D eigenvalue weighted by Crippen LogP contribution is 2.02. The van der Waals surface area contributed by atoms with Gasteiger partial charge in [-0.1, -0.05) is 12.1 Å². The molecular weight excluding hydrogens is 260 g/mol. The molecule has 20 heavy (non-hydrogen) atoms. The highest BCUT2D eigenvalue weighted by Gasteiger charge is 2.04. The lowest BCUT2D eigenvalue weighted by molar-refractivity contribution is 0.0696. The van der Waals surface area contributed by atoms with E-state index in [1.54, 1.807) is 12.1 Å². The summed E-state index contributed by atoms with van der Waals surface area (Å²) in [7, 11) is 0. The van der Waals surface area contributed by atoms with E-state index in [9.17, 15) is 9.59 Å². The van der Waals surface area contributed by atoms with Gasteiger partial charge in [0.1, 0.15) is 5.69 Å². The monoisotopic (exact) mass is 270 g/mol. The van der Waals surface area contributed by atoms with Crippen molar-refractivity contribution in [2.24, 2.45) is 5.10 Å². The minimum Gasteiger partial charge on any atom is -0.478 e. The predicted octanol–water partition coefficient (Wildman–Crippen LogP) is 0.939. The zero-order chi connectivity index (χ0) is 14.4. The van der Waals surface area contributed by atoms with Crippen molar-refractivity contribution in [2.45, 2.75) is 0 Å². The summed E-state index contributed by atoms with van der Waals surface area (Å²) < 4.78 is 0. The van der Waals surface area contributed by atoms with Crippen LogP contribution in [0.1, 0.15) is 26.4 Å². The summed E-state index contributed by atoms with van der Waals surface area (Å²) in [5, 5.41) is 12.5. The molecule has 0 aliphatic rings. The van der Waals surface area contributed by atoms with Gasteiger partial charge in [-0.05, 0) is 17.7 Å². The zero-order valence-electron chi connectivity index (χ0n) is 10.2. The number of carboxylic acid groups (broad SMARTS) is 1. The Morgan fingerprint density at radius 1 is 1.20 bits per heavy atom. The summed E-state index contributed by atoms with van der Waals surface area (Å²) in [6.07, 6.45) is 5.60. The largest absolute Gasteiger partial charge is 0.478 e. The van der Waals surface area contributed by atoms with Gasteiger partial charge in [-0.3, -0.25) is 9.78 Å². The van der Waals surface area contributed by atoms with Crippen molar-refractivity contribution in [3.05, 3.63) is 59.7 Å². The summed E-state index contributed by atoms with van der Waals surface area (Å²) in [4.78, 5) is 29.8. The lowest BCUT2D eigenvalue weighted by atomic mass is 10.1. The van der Waals surface area contributed by atoms with Gasteiger partial charge in [0, 0.05) is 12.4 Å². The molecule has 1 amide bonds. The average molecular weight is 270 g/mol. The number of rotatable bonds is 4. The number of aromatic carboxylic acids is 1. The van der Waals surface area contributed by atoms with Crippen molar-refractivity contribution in [3.8, 4) is 0 Å². The Bertz CT molecular complexity index is 638. The van der Waals surface area contributed by atoms with Crippen LogP contribution < -0.4 is 5.43 Å². The second-order valence-corrected chi connectivity index (χ2v) is 3.72. The molecule has 2 aromatic rings. The molecule has 0 atom stereocenters. The molecule has 1 aromatic carbocycles. The average Bonchev–Trinajstić information content (AvgIpc) is 2.48. The molecule has 1 aromatic heterocycles. The number of hydrazone groups is 1. The van der Waals surface area contributed by atoms with Crippen molar-refractivity contribution in [1.82, 2.24) is 15.4 Å². The zero-order valence-corrected chi connectivity index (χ0v) is 10.2. The van der Waals surface area contributed by atoms with Gasteiger partial charge in [-0.2, -0.15) is 5.10 Å². The third kappa shape index (κ3) is 3.45. The number of amides is 1. The second kappa shape index (κ2) is 6.19. The first kappa shape index (κ1) is 13.3. The predicted molar refractivity (Wildman–Crippen MR) is 70.5 cm³/mol. The summed E-state index contributed by atoms with van der Waals surface area (Å²) in [6.45, 7) is 0. The standard InChI is InChI=1S/C13H10N4O3/c18-12(11-8-14-5-6-15-11)17-16-7-9-1-3-10(4-2-9)13(19)20/h1-8H,(H,17,18)(H,19,20). The maximum absolute atomic E-state index is 11.6. The Kier molecular flexibility index (Phi) is 4.13. The first-order valence-corrected chi connectivity index (χ1v) is 5.59. The molecule has 0 spiro atoms. The number of carbonyl (C=O) groups excluding carboxylic acids is 1. The second-order valence-electron chi connectivity index (χ2n) is 3.72. The molecular formula is C13H10N4O3. The number of carboxylic acids is 1. The first-order valence-electron chi connectivity index (χ1n) is 5.59. The first-order chi connectivity index (χ1) is 9.66. The fourth-order valence-corrected chi connectivity index (χ4v) is 1.35. The lowest BCUT2D eigenvalue weighted by Gasteiger charge is -1.98. The lowest BCUT2D eigenvalue weighted by Crippen LogP contribution is -2.19. The minimum absolute atomic E-state index is 0.158. The summed E-state index contributed by atoms with van der Waals surface area (Å²) in [5.74, 6) is -1.47. The maximum atomic E-state index is 11.6. The van der Waals surface area contributed by atoms with E-state index in [-0.39, 0.29) is 11.3 Å². The fraction of sp³-hybridized carbons (Fsp3) is 0. The number of hydrogen-bond donors (Lipinski definition) is 2. The van der Waals surface area contributed by atoms with Crippen molar-refractivity contribution >= 4 is 18.1 Å². The highest BCUT2D eigenvalue weighted by atomic mass is 16.4. The number of aromatic nitrogens is 2. The van der Waals surface area contributed by atoms with Gasteiger partial charge >= 0.3 is 5.97 Å². The SMILES string of the molecule is O=C(O)c1ccc(C=NNC(=O)c2cnccn2)cc1. The molecule has 0 unspecified atom stereocenters. The van der Waals surface area contributed by atoms with Gasteiger partial charge in [-0.25, -0.2) is 15.2 Å². The Morgan fingerprint density at radius 3 is 2.55 bits per heavy atom. The molecule has 0 aliphatic carbocycles. The van der Waals surface area contributed by atoms with Crippen molar-refractivity contribution in [3.63, 3.8) is 0 Å². The molecule has 0 fully saturated rings. The topological polar surface area (TPSA) is 105 Å². The van der Waals surface area contributed by atoms with E-state index in [1.165, 1.54) is 36.9 Å². The van der Waals surface area contributed by atoms with Gasteiger partial charge in [0.05, 0.1) is 18.0 Å². The quantitative estimate of drug-likeness (QED) is 0.635. The van der Waals surface area contributed by atoms with Crippen LogP contribution in [0, 0.1) is 0 Å². The van der Waals surface area contributed by atoms with Gasteiger partial charge in [-0.15, -0.1) is 0 Å². The van der Waals surface area contributed by atoms with E-state index in [0.29, 0.717) is 5.56 Å². The fourth-order valence-electron chi connectivity index (χ4n) is 1.35. The Labute approximate surface area is 114 Å². The molecule has 0 bridgehead atoms. The Balaban J connectivity index is 1.96. The minimum atomic E-state index is -0.996. The van der Waals surface area contributed by atoms with E-state index in [4.69, 9.17) is 5.11 Å². The molecule has 7 nitrogen and oxygen atoms in total. The number of carbonyl (C=O) groups is 2. The molecule has 0 radical (unpaired) electrons. The van der Waals surface area contributed by atoms with E-state index in [2.05, 4.69) is 20.5 Å². The molecule has 2 N–H and O–H groups in total. The van der Waals surface area contributed by atoms with Crippen molar-refractivity contribution in [2.75, 3.05) is 0 Å². The van der Waals surface area contributed by atoms with Crippen LogP contribution in [0.4, 0.5) is 0 Å². The molecule has 7 heteroatoms. The maximum Gasteiger partial charge on any atom is 0.335 e. The molecule has 0 saturated heterocycles. The van der Waals surface area contributed by atoms with Crippen LogP contribution in [0.15, 0.2) is 48.0 Å². The molecule has 100 valence electrons. The molecule has 1 heterocycles. The number of benzene rings is 1. The van der Waals surface area contributed by atoms with Crippen LogP contribution in [0.3, 0.4) is 0 Å². The van der Waals surface area contributed by atoms with E-state index < -0.39 is 11.9 Å². The number of nitrogens with one attached hydrogen (secondary N) is 1. The Morgan fingerprint density at radius 2 is 1.95 bits per heavy atom. The third-order valence-corrected chi connectivity index (χ3v) is 2.33. The molecule has 0 aliphatic heterocycles. The van der Waals surface area contributed by atoms with Gasteiger partial charge in [0.2, 0.25) is 0 Å². The highest BCUT2D eigenvalue weighted by molar-refractivity contribution is 5.93. The number of nitrogens with zero attached hydrogens (tertiary/aromatic N) is 3. The van der Waals surface area contributed by atoms with Crippen LogP contribution in [0.25, 0.3) is 0 Å². The Hall–Kier alpha value is -3.09. The van der Waals surface area contributed by atoms with Crippen LogP contribution in [0.5, 0.6) is 0 Å². The van der Waals surface area contributed by atoms with E-state index in [0.717, 1.165) is 0 Å². The molecule has 2 rings (SSSR count). The smallest absolute Gasteiger partial charge is 0.335 e. The van der Waals surface area contributed by atoms with Crippen LogP contribution in [0.2, 0.25) is 0 Å². The normalized spacial score (nSPS) is 10.4. The van der Waals surface area contributed by atoms with Gasteiger partial charge < -0.3 is 5.11 Å². The van der Waals surface area contributed by atoms with E-state index in [1.807, 2.05) is 0 Å². The summed E-state index contributed by atoms with van der Waals surface area (Å²) >= 11 is 0. The summed E-state index contributed by atoms with van der Waals surface area (Å²) in [6, 6.07) is 6.07. The number of hydrogen-bond acceptors (Lipinski definition) is 5. The van der Waals surface area contributed by atoms with Gasteiger partial charge in [0.15, 0.2) is 0 Å². The molecule has 0 saturated carbocycles. The van der Waals surface area contributed by atoms with Crippen LogP contribution in [-0.2, 0) is 0 Å². The third-order valence-electron chi connectivity index (χ3n) is 2.33. The van der Waals surface area contributed by atoms with Gasteiger partial charge in [0.25, 0.3) is 5.91 Å². The van der Waals surface area contributed by atoms with E-state index >= 15 is 0 Å².